The summed E-state index contributed by atoms with van der Waals surface area (Å²) in [5.74, 6) is -1.04. The number of hydrogen-bond donors (Lipinski definition) is 1. The molecule has 20 heavy (non-hydrogen) atoms. The molecule has 0 amide bonds. The molecule has 1 fully saturated rings. The Morgan fingerprint density at radius 1 is 1.15 bits per heavy atom. The minimum Gasteiger partial charge on any atom is -0.314 e. The van der Waals surface area contributed by atoms with Crippen molar-refractivity contribution in [2.45, 2.75) is 12.5 Å². The molecule has 1 aliphatic rings. The van der Waals surface area contributed by atoms with E-state index >= 15 is 0 Å². The molecule has 1 heterocycles. The quantitative estimate of drug-likeness (QED) is 0.854. The van der Waals surface area contributed by atoms with Gasteiger partial charge in [-0.15, -0.1) is 31.4 Å². The maximum Gasteiger partial charge on any atom is 0.126 e. The molecule has 0 unspecified atom stereocenters. The second kappa shape index (κ2) is 9.29. The van der Waals surface area contributed by atoms with Crippen molar-refractivity contribution in [3.05, 3.63) is 48.1 Å². The van der Waals surface area contributed by atoms with E-state index in [0.717, 1.165) is 32.2 Å². The van der Waals surface area contributed by atoms with Crippen LogP contribution in [-0.2, 0) is 0 Å². The molecule has 0 aromatic heterocycles. The predicted molar refractivity (Wildman–Crippen MR) is 82.9 cm³/mol. The Bertz CT molecular complexity index is 403. The van der Waals surface area contributed by atoms with E-state index in [-0.39, 0.29) is 30.9 Å². The Balaban J connectivity index is 0.00000180. The second-order valence-electron chi connectivity index (χ2n) is 4.53. The number of hydrogen-bond acceptors (Lipinski definition) is 2. The van der Waals surface area contributed by atoms with E-state index in [4.69, 9.17) is 0 Å². The van der Waals surface area contributed by atoms with Crippen LogP contribution in [0, 0.1) is 11.6 Å². The van der Waals surface area contributed by atoms with E-state index < -0.39 is 11.6 Å². The van der Waals surface area contributed by atoms with Gasteiger partial charge in [0.1, 0.15) is 11.6 Å². The van der Waals surface area contributed by atoms with Crippen LogP contribution in [0.5, 0.6) is 0 Å². The molecular weight excluding hydrogens is 305 g/mol. The third-order valence-corrected chi connectivity index (χ3v) is 3.25. The second-order valence-corrected chi connectivity index (χ2v) is 4.53. The number of piperazine rings is 1. The zero-order chi connectivity index (χ0) is 13.0. The van der Waals surface area contributed by atoms with Crippen LogP contribution in [0.4, 0.5) is 8.78 Å². The third kappa shape index (κ3) is 5.02. The Kier molecular flexibility index (Phi) is 8.98. The lowest BCUT2D eigenvalue weighted by Crippen LogP contribution is -2.45. The van der Waals surface area contributed by atoms with Crippen LogP contribution in [0.3, 0.4) is 0 Å². The molecule has 0 spiro atoms. The maximum atomic E-state index is 13.3. The maximum absolute atomic E-state index is 13.3. The van der Waals surface area contributed by atoms with Gasteiger partial charge in [0, 0.05) is 38.3 Å². The van der Waals surface area contributed by atoms with Crippen molar-refractivity contribution in [3.63, 3.8) is 0 Å². The summed E-state index contributed by atoms with van der Waals surface area (Å²) in [5.41, 5.74) is 0.689. The first-order valence-corrected chi connectivity index (χ1v) is 6.22. The zero-order valence-corrected chi connectivity index (χ0v) is 12.8. The van der Waals surface area contributed by atoms with Gasteiger partial charge in [-0.1, -0.05) is 6.08 Å². The van der Waals surface area contributed by atoms with Crippen LogP contribution in [0.1, 0.15) is 18.0 Å². The minimum absolute atomic E-state index is 0. The molecule has 2 rings (SSSR count). The van der Waals surface area contributed by atoms with Gasteiger partial charge in [0.15, 0.2) is 0 Å². The lowest BCUT2D eigenvalue weighted by Gasteiger charge is -2.34. The lowest BCUT2D eigenvalue weighted by atomic mass is 10.0. The fourth-order valence-corrected chi connectivity index (χ4v) is 2.42. The van der Waals surface area contributed by atoms with Crippen LogP contribution in [0.2, 0.25) is 0 Å². The van der Waals surface area contributed by atoms with Crippen molar-refractivity contribution >= 4 is 24.8 Å². The van der Waals surface area contributed by atoms with Gasteiger partial charge in [0.2, 0.25) is 0 Å². The van der Waals surface area contributed by atoms with E-state index in [9.17, 15) is 8.78 Å². The van der Waals surface area contributed by atoms with Crippen LogP contribution >= 0.6 is 24.8 Å². The SMILES string of the molecule is C=CC[C@@H](c1cc(F)cc(F)c1)N1CCNCC1.Cl.Cl. The fourth-order valence-electron chi connectivity index (χ4n) is 2.42. The Morgan fingerprint density at radius 2 is 1.70 bits per heavy atom. The fraction of sp³-hybridized carbons (Fsp3) is 0.429. The number of rotatable bonds is 4. The Labute approximate surface area is 131 Å². The minimum atomic E-state index is -0.519. The number of nitrogens with zero attached hydrogens (tertiary/aromatic N) is 1. The van der Waals surface area contributed by atoms with Gasteiger partial charge >= 0.3 is 0 Å². The average molecular weight is 325 g/mol. The summed E-state index contributed by atoms with van der Waals surface area (Å²) in [6, 6.07) is 3.75. The van der Waals surface area contributed by atoms with Crippen LogP contribution in [-0.4, -0.2) is 31.1 Å². The first kappa shape index (κ1) is 19.3. The standard InChI is InChI=1S/C14H18F2N2.2ClH/c1-2-3-14(18-6-4-17-5-7-18)11-8-12(15)10-13(16)9-11;;/h2,8-10,14,17H,1,3-7H2;2*1H/t14-;;/m0../s1. The summed E-state index contributed by atoms with van der Waals surface area (Å²) in [6.07, 6.45) is 2.50. The van der Waals surface area contributed by atoms with Crippen molar-refractivity contribution < 1.29 is 8.78 Å². The monoisotopic (exact) mass is 324 g/mol. The number of benzene rings is 1. The highest BCUT2D eigenvalue weighted by Crippen LogP contribution is 2.26. The van der Waals surface area contributed by atoms with E-state index in [1.165, 1.54) is 12.1 Å². The highest BCUT2D eigenvalue weighted by Gasteiger charge is 2.21. The first-order valence-electron chi connectivity index (χ1n) is 6.22. The van der Waals surface area contributed by atoms with E-state index in [1.54, 1.807) is 6.08 Å². The number of halogens is 4. The zero-order valence-electron chi connectivity index (χ0n) is 11.1. The molecule has 0 radical (unpaired) electrons. The summed E-state index contributed by atoms with van der Waals surface area (Å²) in [6.45, 7) is 7.32. The van der Waals surface area contributed by atoms with Crippen LogP contribution in [0.25, 0.3) is 0 Å². The predicted octanol–water partition coefficient (Wildman–Crippen LogP) is 3.33. The van der Waals surface area contributed by atoms with E-state index in [1.807, 2.05) is 0 Å². The molecule has 0 bridgehead atoms. The molecule has 6 heteroatoms. The normalized spacial score (nSPS) is 16.7. The molecule has 0 aliphatic carbocycles. The number of nitrogens with one attached hydrogen (secondary N) is 1. The molecule has 1 atom stereocenters. The molecule has 114 valence electrons. The summed E-state index contributed by atoms with van der Waals surface area (Å²) < 4.78 is 26.6. The smallest absolute Gasteiger partial charge is 0.126 e. The van der Waals surface area contributed by atoms with Crippen molar-refractivity contribution in [2.75, 3.05) is 26.2 Å². The third-order valence-electron chi connectivity index (χ3n) is 3.25. The van der Waals surface area contributed by atoms with Crippen molar-refractivity contribution in [2.24, 2.45) is 0 Å². The average Bonchev–Trinajstić information content (AvgIpc) is 2.36. The molecule has 0 saturated carbocycles. The van der Waals surface area contributed by atoms with E-state index in [2.05, 4.69) is 16.8 Å². The highest BCUT2D eigenvalue weighted by atomic mass is 35.5. The van der Waals surface area contributed by atoms with Crippen molar-refractivity contribution in [1.82, 2.24) is 10.2 Å². The lowest BCUT2D eigenvalue weighted by molar-refractivity contribution is 0.174. The molecule has 1 saturated heterocycles. The summed E-state index contributed by atoms with van der Waals surface area (Å²) in [5, 5.41) is 3.27. The van der Waals surface area contributed by atoms with Crippen LogP contribution < -0.4 is 5.32 Å². The Morgan fingerprint density at radius 3 is 2.20 bits per heavy atom. The van der Waals surface area contributed by atoms with E-state index in [0.29, 0.717) is 12.0 Å². The van der Waals surface area contributed by atoms with Crippen molar-refractivity contribution in [3.8, 4) is 0 Å². The highest BCUT2D eigenvalue weighted by molar-refractivity contribution is 5.85. The van der Waals surface area contributed by atoms with Gasteiger partial charge in [-0.05, 0) is 24.1 Å². The summed E-state index contributed by atoms with van der Waals surface area (Å²) in [7, 11) is 0. The van der Waals surface area contributed by atoms with Gasteiger partial charge in [-0.25, -0.2) is 8.78 Å². The molecule has 1 aromatic rings. The van der Waals surface area contributed by atoms with Gasteiger partial charge in [-0.2, -0.15) is 0 Å². The molecule has 2 nitrogen and oxygen atoms in total. The molecular formula is C14H20Cl2F2N2. The molecule has 1 N–H and O–H groups in total. The van der Waals surface area contributed by atoms with Gasteiger partial charge in [0.05, 0.1) is 0 Å². The van der Waals surface area contributed by atoms with Crippen LogP contribution in [0.15, 0.2) is 30.9 Å². The van der Waals surface area contributed by atoms with Gasteiger partial charge in [0.25, 0.3) is 0 Å². The van der Waals surface area contributed by atoms with Gasteiger partial charge < -0.3 is 5.32 Å². The first-order chi connectivity index (χ1) is 8.70. The Hall–Kier alpha value is -0.680. The molecule has 1 aromatic carbocycles. The summed E-state index contributed by atoms with van der Waals surface area (Å²) >= 11 is 0. The molecule has 1 aliphatic heterocycles. The summed E-state index contributed by atoms with van der Waals surface area (Å²) in [4.78, 5) is 2.24. The largest absolute Gasteiger partial charge is 0.314 e. The topological polar surface area (TPSA) is 15.3 Å². The van der Waals surface area contributed by atoms with Gasteiger partial charge in [-0.3, -0.25) is 4.90 Å². The van der Waals surface area contributed by atoms with Crippen molar-refractivity contribution in [1.29, 1.82) is 0 Å².